The summed E-state index contributed by atoms with van der Waals surface area (Å²) in [7, 11) is -4.04. The molecule has 2 atom stereocenters. The zero-order valence-corrected chi connectivity index (χ0v) is 13.1. The van der Waals surface area contributed by atoms with Crippen LogP contribution in [0.5, 0.6) is 0 Å². The SMILES string of the molecule is CC1CCC(C(=O)O)CN1S(=O)(=O)c1ccc(C(F)(F)F)cc1. The Kier molecular flexibility index (Phi) is 4.72. The van der Waals surface area contributed by atoms with Gasteiger partial charge in [0.2, 0.25) is 10.0 Å². The number of hydrogen-bond acceptors (Lipinski definition) is 3. The second-order valence-corrected chi connectivity index (χ2v) is 7.45. The minimum atomic E-state index is -4.55. The summed E-state index contributed by atoms with van der Waals surface area (Å²) in [4.78, 5) is 10.8. The van der Waals surface area contributed by atoms with Gasteiger partial charge in [0.25, 0.3) is 0 Å². The predicted octanol–water partition coefficient (Wildman–Crippen LogP) is 2.58. The predicted molar refractivity (Wildman–Crippen MR) is 75.2 cm³/mol. The van der Waals surface area contributed by atoms with Crippen LogP contribution in [0.4, 0.5) is 13.2 Å². The molecule has 5 nitrogen and oxygen atoms in total. The van der Waals surface area contributed by atoms with Crippen LogP contribution in [0.1, 0.15) is 25.3 Å². The number of carbonyl (C=O) groups is 1. The number of halogens is 3. The fraction of sp³-hybridized carbons (Fsp3) is 0.500. The van der Waals surface area contributed by atoms with Gasteiger partial charge in [0.05, 0.1) is 16.4 Å². The molecule has 0 aliphatic carbocycles. The quantitative estimate of drug-likeness (QED) is 0.908. The minimum absolute atomic E-state index is 0.181. The minimum Gasteiger partial charge on any atom is -0.481 e. The summed E-state index contributed by atoms with van der Waals surface area (Å²) in [6.07, 6.45) is -3.79. The number of aliphatic carboxylic acids is 1. The third-order valence-corrected chi connectivity index (χ3v) is 5.96. The second-order valence-electron chi connectivity index (χ2n) is 5.56. The maximum Gasteiger partial charge on any atom is 0.416 e. The van der Waals surface area contributed by atoms with Gasteiger partial charge in [0, 0.05) is 12.6 Å². The van der Waals surface area contributed by atoms with Gasteiger partial charge in [-0.2, -0.15) is 17.5 Å². The molecule has 9 heteroatoms. The molecule has 1 saturated heterocycles. The summed E-state index contributed by atoms with van der Waals surface area (Å²) < 4.78 is 63.9. The number of alkyl halides is 3. The molecule has 1 heterocycles. The van der Waals surface area contributed by atoms with E-state index in [0.29, 0.717) is 25.0 Å². The molecule has 1 aliphatic rings. The van der Waals surface area contributed by atoms with Crippen molar-refractivity contribution in [1.29, 1.82) is 0 Å². The van der Waals surface area contributed by atoms with Crippen LogP contribution < -0.4 is 0 Å². The van der Waals surface area contributed by atoms with E-state index in [0.717, 1.165) is 16.4 Å². The molecule has 1 aromatic rings. The maximum absolute atomic E-state index is 12.6. The Bertz CT molecular complexity index is 685. The van der Waals surface area contributed by atoms with Crippen molar-refractivity contribution in [2.75, 3.05) is 6.54 Å². The highest BCUT2D eigenvalue weighted by Crippen LogP contribution is 2.32. The van der Waals surface area contributed by atoms with Crippen molar-refractivity contribution in [3.05, 3.63) is 29.8 Å². The number of piperidine rings is 1. The average Bonchev–Trinajstić information content (AvgIpc) is 2.46. The van der Waals surface area contributed by atoms with Gasteiger partial charge in [-0.15, -0.1) is 0 Å². The fourth-order valence-electron chi connectivity index (χ4n) is 2.56. The molecule has 0 saturated carbocycles. The average molecular weight is 351 g/mol. The van der Waals surface area contributed by atoms with Crippen molar-refractivity contribution in [2.45, 2.75) is 36.9 Å². The molecular weight excluding hydrogens is 335 g/mol. The number of sulfonamides is 1. The highest BCUT2D eigenvalue weighted by Gasteiger charge is 2.38. The summed E-state index contributed by atoms with van der Waals surface area (Å²) in [5.74, 6) is -1.89. The molecule has 2 rings (SSSR count). The van der Waals surface area contributed by atoms with Gasteiger partial charge in [-0.05, 0) is 44.0 Å². The number of nitrogens with zero attached hydrogens (tertiary/aromatic N) is 1. The number of hydrogen-bond donors (Lipinski definition) is 1. The maximum atomic E-state index is 12.6. The lowest BCUT2D eigenvalue weighted by molar-refractivity contribution is -0.143. The standard InChI is InChI=1S/C14H16F3NO4S/c1-9-2-3-10(13(19)20)8-18(9)23(21,22)12-6-4-11(5-7-12)14(15,16)17/h4-7,9-10H,2-3,8H2,1H3,(H,19,20). The van der Waals surface area contributed by atoms with E-state index >= 15 is 0 Å². The largest absolute Gasteiger partial charge is 0.481 e. The molecule has 0 amide bonds. The van der Waals surface area contributed by atoms with Crippen LogP contribution in [0.3, 0.4) is 0 Å². The first-order chi connectivity index (χ1) is 10.5. The van der Waals surface area contributed by atoms with E-state index in [4.69, 9.17) is 5.11 Å². The monoisotopic (exact) mass is 351 g/mol. The Labute approximate surface area is 131 Å². The van der Waals surface area contributed by atoms with E-state index in [1.165, 1.54) is 0 Å². The van der Waals surface area contributed by atoms with E-state index in [-0.39, 0.29) is 11.4 Å². The normalized spacial score (nSPS) is 23.7. The second kappa shape index (κ2) is 6.12. The first-order valence-electron chi connectivity index (χ1n) is 6.95. The lowest BCUT2D eigenvalue weighted by atomic mass is 9.96. The van der Waals surface area contributed by atoms with Crippen molar-refractivity contribution in [2.24, 2.45) is 5.92 Å². The smallest absolute Gasteiger partial charge is 0.416 e. The number of rotatable bonds is 3. The first kappa shape index (κ1) is 17.7. The first-order valence-corrected chi connectivity index (χ1v) is 8.39. The van der Waals surface area contributed by atoms with E-state index in [9.17, 15) is 26.4 Å². The zero-order chi connectivity index (χ0) is 17.4. The molecule has 2 unspecified atom stereocenters. The Morgan fingerprint density at radius 1 is 1.22 bits per heavy atom. The van der Waals surface area contributed by atoms with Crippen LogP contribution >= 0.6 is 0 Å². The van der Waals surface area contributed by atoms with Crippen LogP contribution in [0.15, 0.2) is 29.2 Å². The number of benzene rings is 1. The highest BCUT2D eigenvalue weighted by molar-refractivity contribution is 7.89. The van der Waals surface area contributed by atoms with Crippen LogP contribution in [0.25, 0.3) is 0 Å². The topological polar surface area (TPSA) is 74.7 Å². The van der Waals surface area contributed by atoms with Crippen LogP contribution in [-0.4, -0.2) is 36.4 Å². The Hall–Kier alpha value is -1.61. The van der Waals surface area contributed by atoms with Crippen LogP contribution in [0.2, 0.25) is 0 Å². The van der Waals surface area contributed by atoms with Crippen molar-refractivity contribution >= 4 is 16.0 Å². The Balaban J connectivity index is 2.31. The molecule has 0 radical (unpaired) electrons. The lowest BCUT2D eigenvalue weighted by Gasteiger charge is -2.35. The van der Waals surface area contributed by atoms with E-state index < -0.39 is 39.7 Å². The third-order valence-electron chi connectivity index (χ3n) is 3.96. The molecule has 1 aliphatic heterocycles. The highest BCUT2D eigenvalue weighted by atomic mass is 32.2. The van der Waals surface area contributed by atoms with Crippen LogP contribution in [0, 0.1) is 5.92 Å². The summed E-state index contributed by atoms with van der Waals surface area (Å²) in [6.45, 7) is 1.47. The van der Waals surface area contributed by atoms with Crippen molar-refractivity contribution < 1.29 is 31.5 Å². The summed E-state index contributed by atoms with van der Waals surface area (Å²) in [5, 5.41) is 9.06. The summed E-state index contributed by atoms with van der Waals surface area (Å²) in [5.41, 5.74) is -0.938. The Morgan fingerprint density at radius 2 is 1.78 bits per heavy atom. The molecular formula is C14H16F3NO4S. The van der Waals surface area contributed by atoms with E-state index in [1.54, 1.807) is 6.92 Å². The molecule has 1 N–H and O–H groups in total. The van der Waals surface area contributed by atoms with Crippen molar-refractivity contribution in [3.8, 4) is 0 Å². The van der Waals surface area contributed by atoms with Crippen molar-refractivity contribution in [3.63, 3.8) is 0 Å². The zero-order valence-electron chi connectivity index (χ0n) is 12.2. The van der Waals surface area contributed by atoms with Gasteiger partial charge in [-0.1, -0.05) is 0 Å². The molecule has 0 aromatic heterocycles. The fourth-order valence-corrected chi connectivity index (χ4v) is 4.27. The molecule has 0 spiro atoms. The van der Waals surface area contributed by atoms with Gasteiger partial charge in [0.15, 0.2) is 0 Å². The van der Waals surface area contributed by atoms with Gasteiger partial charge in [-0.25, -0.2) is 8.42 Å². The van der Waals surface area contributed by atoms with E-state index in [2.05, 4.69) is 0 Å². The summed E-state index contributed by atoms with van der Waals surface area (Å²) in [6, 6.07) is 2.80. The third kappa shape index (κ3) is 3.66. The van der Waals surface area contributed by atoms with Gasteiger partial charge in [-0.3, -0.25) is 4.79 Å². The molecule has 1 fully saturated rings. The lowest BCUT2D eigenvalue weighted by Crippen LogP contribution is -2.47. The summed E-state index contributed by atoms with van der Waals surface area (Å²) >= 11 is 0. The van der Waals surface area contributed by atoms with Crippen LogP contribution in [-0.2, 0) is 21.0 Å². The molecule has 128 valence electrons. The van der Waals surface area contributed by atoms with Gasteiger partial charge >= 0.3 is 12.1 Å². The molecule has 0 bridgehead atoms. The van der Waals surface area contributed by atoms with Gasteiger partial charge in [0.1, 0.15) is 0 Å². The number of carboxylic acids is 1. The number of carboxylic acid groups (broad SMARTS) is 1. The molecule has 23 heavy (non-hydrogen) atoms. The Morgan fingerprint density at radius 3 is 2.26 bits per heavy atom. The molecule has 1 aromatic carbocycles. The van der Waals surface area contributed by atoms with Gasteiger partial charge < -0.3 is 5.11 Å². The van der Waals surface area contributed by atoms with E-state index in [1.807, 2.05) is 0 Å². The van der Waals surface area contributed by atoms with Crippen molar-refractivity contribution in [1.82, 2.24) is 4.31 Å².